The van der Waals surface area contributed by atoms with Gasteiger partial charge in [0, 0.05) is 17.6 Å². The van der Waals surface area contributed by atoms with Gasteiger partial charge in [-0.2, -0.15) is 0 Å². The number of carbonyl (C=O) groups excluding carboxylic acids is 1. The Hall–Kier alpha value is -2.80. The van der Waals surface area contributed by atoms with Crippen LogP contribution in [0.15, 0.2) is 36.4 Å². The van der Waals surface area contributed by atoms with Gasteiger partial charge in [-0.15, -0.1) is 0 Å². The Morgan fingerprint density at radius 1 is 1.11 bits per heavy atom. The average molecular weight is 393 g/mol. The molecular formula is C19H21ClN2O5. The number of nitro groups is 1. The third kappa shape index (κ3) is 5.59. The highest BCUT2D eigenvalue weighted by Gasteiger charge is 2.20. The van der Waals surface area contributed by atoms with Crippen LogP contribution in [0.3, 0.4) is 0 Å². The van der Waals surface area contributed by atoms with Crippen LogP contribution >= 0.6 is 11.6 Å². The van der Waals surface area contributed by atoms with Crippen LogP contribution in [-0.2, 0) is 6.42 Å². The normalized spacial score (nSPS) is 10.3. The fraction of sp³-hybridized carbons (Fsp3) is 0.316. The molecule has 0 heterocycles. The monoisotopic (exact) mass is 392 g/mol. The van der Waals surface area contributed by atoms with Crippen LogP contribution in [0.5, 0.6) is 11.5 Å². The Labute approximate surface area is 162 Å². The van der Waals surface area contributed by atoms with E-state index in [1.807, 2.05) is 32.0 Å². The van der Waals surface area contributed by atoms with Crippen molar-refractivity contribution in [3.05, 3.63) is 62.7 Å². The Bertz CT molecular complexity index is 826. The lowest BCUT2D eigenvalue weighted by Gasteiger charge is -2.12. The summed E-state index contributed by atoms with van der Waals surface area (Å²) in [7, 11) is 0. The van der Waals surface area contributed by atoms with Crippen molar-refractivity contribution in [2.45, 2.75) is 20.3 Å². The molecule has 0 aliphatic rings. The maximum Gasteiger partial charge on any atom is 0.282 e. The van der Waals surface area contributed by atoms with Crippen molar-refractivity contribution in [1.29, 1.82) is 0 Å². The first-order valence-electron chi connectivity index (χ1n) is 8.56. The molecule has 2 rings (SSSR count). The zero-order chi connectivity index (χ0) is 19.8. The smallest absolute Gasteiger partial charge is 0.282 e. The Morgan fingerprint density at radius 2 is 1.81 bits per heavy atom. The molecule has 1 amide bonds. The highest BCUT2D eigenvalue weighted by molar-refractivity contribution is 6.31. The molecule has 2 aromatic rings. The van der Waals surface area contributed by atoms with E-state index in [4.69, 9.17) is 21.1 Å². The lowest BCUT2D eigenvalue weighted by molar-refractivity contribution is -0.385. The first-order chi connectivity index (χ1) is 13.0. The highest BCUT2D eigenvalue weighted by Crippen LogP contribution is 2.28. The Balaban J connectivity index is 2.04. The molecule has 7 nitrogen and oxygen atoms in total. The van der Waals surface area contributed by atoms with E-state index in [1.165, 1.54) is 18.2 Å². The summed E-state index contributed by atoms with van der Waals surface area (Å²) in [6.45, 7) is 5.14. The minimum absolute atomic E-state index is 0.0609. The number of nitro benzene ring substituents is 1. The fourth-order valence-electron chi connectivity index (χ4n) is 2.52. The summed E-state index contributed by atoms with van der Waals surface area (Å²) in [5.74, 6) is 0.774. The number of hydrogen-bond donors (Lipinski definition) is 1. The topological polar surface area (TPSA) is 90.7 Å². The molecule has 0 aliphatic carbocycles. The van der Waals surface area contributed by atoms with Gasteiger partial charge in [0.25, 0.3) is 11.6 Å². The van der Waals surface area contributed by atoms with Crippen LogP contribution in [0, 0.1) is 10.1 Å². The van der Waals surface area contributed by atoms with E-state index in [1.54, 1.807) is 0 Å². The molecule has 144 valence electrons. The van der Waals surface area contributed by atoms with E-state index in [9.17, 15) is 14.9 Å². The standard InChI is InChI=1S/C19H21ClN2O5/c1-3-26-17-8-5-13(11-18(17)27-4-2)9-10-21-19(23)15-12-14(20)6-7-16(15)22(24)25/h5-8,11-12H,3-4,9-10H2,1-2H3,(H,21,23). The summed E-state index contributed by atoms with van der Waals surface area (Å²) in [5, 5.41) is 14.0. The van der Waals surface area contributed by atoms with Crippen LogP contribution in [0.1, 0.15) is 29.8 Å². The second-order valence-electron chi connectivity index (χ2n) is 5.57. The maximum absolute atomic E-state index is 12.3. The van der Waals surface area contributed by atoms with Gasteiger partial charge in [-0.3, -0.25) is 14.9 Å². The third-order valence-corrected chi connectivity index (χ3v) is 3.94. The minimum Gasteiger partial charge on any atom is -0.490 e. The molecule has 1 N–H and O–H groups in total. The van der Waals surface area contributed by atoms with Crippen molar-refractivity contribution in [2.75, 3.05) is 19.8 Å². The van der Waals surface area contributed by atoms with Crippen molar-refractivity contribution in [2.24, 2.45) is 0 Å². The molecule has 0 fully saturated rings. The maximum atomic E-state index is 12.3. The number of ether oxygens (including phenoxy) is 2. The predicted octanol–water partition coefficient (Wildman–Crippen LogP) is 4.02. The van der Waals surface area contributed by atoms with Gasteiger partial charge in [-0.1, -0.05) is 17.7 Å². The summed E-state index contributed by atoms with van der Waals surface area (Å²) in [6, 6.07) is 9.47. The van der Waals surface area contributed by atoms with Gasteiger partial charge in [-0.25, -0.2) is 0 Å². The van der Waals surface area contributed by atoms with Gasteiger partial charge in [0.2, 0.25) is 0 Å². The lowest BCUT2D eigenvalue weighted by atomic mass is 10.1. The zero-order valence-corrected chi connectivity index (χ0v) is 15.9. The van der Waals surface area contributed by atoms with E-state index in [2.05, 4.69) is 5.32 Å². The number of benzene rings is 2. The molecule has 0 atom stereocenters. The number of rotatable bonds is 9. The summed E-state index contributed by atoms with van der Waals surface area (Å²) in [6.07, 6.45) is 0.534. The summed E-state index contributed by atoms with van der Waals surface area (Å²) in [5.41, 5.74) is 0.605. The zero-order valence-electron chi connectivity index (χ0n) is 15.2. The van der Waals surface area contributed by atoms with Gasteiger partial charge >= 0.3 is 0 Å². The van der Waals surface area contributed by atoms with E-state index >= 15 is 0 Å². The largest absolute Gasteiger partial charge is 0.490 e. The SMILES string of the molecule is CCOc1ccc(CCNC(=O)c2cc(Cl)ccc2[N+](=O)[O-])cc1OCC. The van der Waals surface area contributed by atoms with Gasteiger partial charge in [-0.05, 0) is 50.1 Å². The average Bonchev–Trinajstić information content (AvgIpc) is 2.63. The summed E-state index contributed by atoms with van der Waals surface area (Å²) >= 11 is 5.85. The molecule has 0 saturated heterocycles. The molecule has 0 radical (unpaired) electrons. The van der Waals surface area contributed by atoms with E-state index in [0.29, 0.717) is 37.7 Å². The molecule has 8 heteroatoms. The molecule has 0 aromatic heterocycles. The Kier molecular flexibility index (Phi) is 7.43. The van der Waals surface area contributed by atoms with Crippen molar-refractivity contribution >= 4 is 23.2 Å². The van der Waals surface area contributed by atoms with Crippen LogP contribution in [0.2, 0.25) is 5.02 Å². The summed E-state index contributed by atoms with van der Waals surface area (Å²) < 4.78 is 11.1. The molecule has 2 aromatic carbocycles. The van der Waals surface area contributed by atoms with Crippen LogP contribution in [0.25, 0.3) is 0 Å². The van der Waals surface area contributed by atoms with E-state index in [0.717, 1.165) is 5.56 Å². The fourth-order valence-corrected chi connectivity index (χ4v) is 2.69. The van der Waals surface area contributed by atoms with Crippen molar-refractivity contribution in [3.63, 3.8) is 0 Å². The van der Waals surface area contributed by atoms with E-state index in [-0.39, 0.29) is 16.3 Å². The quantitative estimate of drug-likeness (QED) is 0.514. The number of hydrogen-bond acceptors (Lipinski definition) is 5. The molecule has 0 bridgehead atoms. The molecule has 0 aliphatic heterocycles. The first-order valence-corrected chi connectivity index (χ1v) is 8.94. The minimum atomic E-state index is -0.605. The second-order valence-corrected chi connectivity index (χ2v) is 6.01. The van der Waals surface area contributed by atoms with Crippen molar-refractivity contribution in [3.8, 4) is 11.5 Å². The van der Waals surface area contributed by atoms with Crippen LogP contribution < -0.4 is 14.8 Å². The molecular weight excluding hydrogens is 372 g/mol. The highest BCUT2D eigenvalue weighted by atomic mass is 35.5. The van der Waals surface area contributed by atoms with Crippen molar-refractivity contribution < 1.29 is 19.2 Å². The molecule has 0 spiro atoms. The van der Waals surface area contributed by atoms with Gasteiger partial charge in [0.1, 0.15) is 5.56 Å². The van der Waals surface area contributed by atoms with Crippen molar-refractivity contribution in [1.82, 2.24) is 5.32 Å². The Morgan fingerprint density at radius 3 is 2.48 bits per heavy atom. The number of carbonyl (C=O) groups is 1. The number of nitrogens with one attached hydrogen (secondary N) is 1. The number of nitrogens with zero attached hydrogens (tertiary/aromatic N) is 1. The molecule has 0 saturated carbocycles. The van der Waals surface area contributed by atoms with Crippen LogP contribution in [0.4, 0.5) is 5.69 Å². The number of halogens is 1. The lowest BCUT2D eigenvalue weighted by Crippen LogP contribution is -2.26. The van der Waals surface area contributed by atoms with Gasteiger partial charge < -0.3 is 14.8 Å². The third-order valence-electron chi connectivity index (χ3n) is 3.71. The molecule has 0 unspecified atom stereocenters. The number of amides is 1. The first kappa shape index (κ1) is 20.5. The van der Waals surface area contributed by atoms with Gasteiger partial charge in [0.15, 0.2) is 11.5 Å². The predicted molar refractivity (Wildman–Crippen MR) is 103 cm³/mol. The van der Waals surface area contributed by atoms with Gasteiger partial charge in [0.05, 0.1) is 18.1 Å². The second kappa shape index (κ2) is 9.78. The molecule has 27 heavy (non-hydrogen) atoms. The van der Waals surface area contributed by atoms with Crippen LogP contribution in [-0.4, -0.2) is 30.6 Å². The summed E-state index contributed by atoms with van der Waals surface area (Å²) in [4.78, 5) is 22.8. The van der Waals surface area contributed by atoms with E-state index < -0.39 is 10.8 Å².